The fourth-order valence-electron chi connectivity index (χ4n) is 3.29. The fraction of sp³-hybridized carbons (Fsp3) is 0.316. The van der Waals surface area contributed by atoms with Crippen LogP contribution in [0.15, 0.2) is 47.5 Å². The maximum atomic E-state index is 12.8. The maximum Gasteiger partial charge on any atom is 0.266 e. The summed E-state index contributed by atoms with van der Waals surface area (Å²) in [6.45, 7) is 3.99. The molecule has 0 radical (unpaired) electrons. The molecule has 0 unspecified atom stereocenters. The summed E-state index contributed by atoms with van der Waals surface area (Å²) in [5.74, 6) is 0.732. The van der Waals surface area contributed by atoms with Crippen LogP contribution in [0.5, 0.6) is 0 Å². The van der Waals surface area contributed by atoms with Crippen LogP contribution in [-0.2, 0) is 0 Å². The van der Waals surface area contributed by atoms with Gasteiger partial charge in [0.1, 0.15) is 0 Å². The van der Waals surface area contributed by atoms with E-state index in [9.17, 15) is 4.79 Å². The molecule has 3 heterocycles. The van der Waals surface area contributed by atoms with Crippen molar-refractivity contribution in [3.8, 4) is 5.69 Å². The summed E-state index contributed by atoms with van der Waals surface area (Å²) in [5, 5.41) is 0.557. The molecular weight excluding hydrogens is 300 g/mol. The summed E-state index contributed by atoms with van der Waals surface area (Å²) in [4.78, 5) is 24.1. The Labute approximate surface area is 140 Å². The lowest BCUT2D eigenvalue weighted by Gasteiger charge is -2.26. The first-order valence-corrected chi connectivity index (χ1v) is 8.43. The number of aromatic nitrogens is 3. The average molecular weight is 320 g/mol. The number of benzene rings is 1. The Bertz CT molecular complexity index is 941. The molecule has 4 rings (SSSR count). The number of nitrogens with zero attached hydrogens (tertiary/aromatic N) is 4. The molecule has 5 heteroatoms. The van der Waals surface area contributed by atoms with E-state index < -0.39 is 0 Å². The van der Waals surface area contributed by atoms with E-state index in [1.807, 2.05) is 37.3 Å². The van der Waals surface area contributed by atoms with Gasteiger partial charge in [-0.05, 0) is 43.9 Å². The standard InChI is InChI=1S/C19H20N4O/c1-14-7-3-4-8-17(14)23-12-9-16-15(18(23)24)13-20-19(21-16)22-10-5-2-6-11-22/h3-4,7-9,12-13H,2,5-6,10-11H2,1H3. The van der Waals surface area contributed by atoms with E-state index in [2.05, 4.69) is 14.9 Å². The molecule has 3 aromatic rings. The topological polar surface area (TPSA) is 51.0 Å². The molecule has 0 amide bonds. The van der Waals surface area contributed by atoms with Gasteiger partial charge in [0.25, 0.3) is 5.56 Å². The van der Waals surface area contributed by atoms with Gasteiger partial charge in [-0.2, -0.15) is 0 Å². The molecular formula is C19H20N4O. The molecule has 5 nitrogen and oxygen atoms in total. The van der Waals surface area contributed by atoms with Crippen molar-refractivity contribution in [1.82, 2.24) is 14.5 Å². The molecule has 1 aliphatic heterocycles. The van der Waals surface area contributed by atoms with Gasteiger partial charge in [0.05, 0.1) is 16.6 Å². The van der Waals surface area contributed by atoms with Crippen molar-refractivity contribution in [2.24, 2.45) is 0 Å². The first kappa shape index (κ1) is 14.9. The summed E-state index contributed by atoms with van der Waals surface area (Å²) in [5.41, 5.74) is 2.58. The number of para-hydroxylation sites is 1. The smallest absolute Gasteiger partial charge is 0.266 e. The SMILES string of the molecule is Cc1ccccc1-n1ccc2nc(N3CCCCC3)ncc2c1=O. The molecule has 0 aliphatic carbocycles. The zero-order valence-corrected chi connectivity index (χ0v) is 13.8. The molecule has 1 fully saturated rings. The van der Waals surface area contributed by atoms with Crippen LogP contribution >= 0.6 is 0 Å². The molecule has 1 aromatic carbocycles. The van der Waals surface area contributed by atoms with E-state index >= 15 is 0 Å². The van der Waals surface area contributed by atoms with Gasteiger partial charge < -0.3 is 4.90 Å². The fourth-order valence-corrected chi connectivity index (χ4v) is 3.29. The number of pyridine rings is 1. The quantitative estimate of drug-likeness (QED) is 0.728. The minimum atomic E-state index is -0.0769. The van der Waals surface area contributed by atoms with Crippen LogP contribution in [0.2, 0.25) is 0 Å². The van der Waals surface area contributed by atoms with Crippen LogP contribution in [0, 0.1) is 6.92 Å². The van der Waals surface area contributed by atoms with Crippen LogP contribution in [0.3, 0.4) is 0 Å². The predicted molar refractivity (Wildman–Crippen MR) is 95.9 cm³/mol. The van der Waals surface area contributed by atoms with E-state index in [1.165, 1.54) is 19.3 Å². The predicted octanol–water partition coefficient (Wildman–Crippen LogP) is 3.08. The summed E-state index contributed by atoms with van der Waals surface area (Å²) in [6.07, 6.45) is 7.10. The Balaban J connectivity index is 1.80. The molecule has 1 aliphatic rings. The lowest BCUT2D eigenvalue weighted by atomic mass is 10.1. The normalized spacial score (nSPS) is 15.0. The lowest BCUT2D eigenvalue weighted by Crippen LogP contribution is -2.31. The Kier molecular flexibility index (Phi) is 3.76. The number of hydrogen-bond donors (Lipinski definition) is 0. The zero-order chi connectivity index (χ0) is 16.5. The number of aryl methyl sites for hydroxylation is 1. The minimum absolute atomic E-state index is 0.0769. The third kappa shape index (κ3) is 2.56. The molecule has 2 aromatic heterocycles. The Morgan fingerprint density at radius 3 is 2.62 bits per heavy atom. The van der Waals surface area contributed by atoms with Crippen LogP contribution < -0.4 is 10.5 Å². The molecule has 24 heavy (non-hydrogen) atoms. The van der Waals surface area contributed by atoms with E-state index in [4.69, 9.17) is 0 Å². The van der Waals surface area contributed by atoms with Gasteiger partial charge in [-0.25, -0.2) is 9.97 Å². The third-order valence-corrected chi connectivity index (χ3v) is 4.65. The average Bonchev–Trinajstić information content (AvgIpc) is 2.63. The van der Waals surface area contributed by atoms with Crippen molar-refractivity contribution in [3.05, 3.63) is 58.6 Å². The highest BCUT2D eigenvalue weighted by atomic mass is 16.1. The summed E-state index contributed by atoms with van der Waals surface area (Å²) < 4.78 is 1.67. The lowest BCUT2D eigenvalue weighted by molar-refractivity contribution is 0.569. The Hall–Kier alpha value is -2.69. The van der Waals surface area contributed by atoms with Crippen molar-refractivity contribution in [3.63, 3.8) is 0 Å². The maximum absolute atomic E-state index is 12.8. The van der Waals surface area contributed by atoms with Gasteiger partial charge >= 0.3 is 0 Å². The zero-order valence-electron chi connectivity index (χ0n) is 13.8. The molecule has 0 saturated carbocycles. The highest BCUT2D eigenvalue weighted by Crippen LogP contribution is 2.18. The largest absolute Gasteiger partial charge is 0.341 e. The van der Waals surface area contributed by atoms with Crippen molar-refractivity contribution in [2.45, 2.75) is 26.2 Å². The molecule has 0 spiro atoms. The number of rotatable bonds is 2. The number of fused-ring (bicyclic) bond motifs is 1. The van der Waals surface area contributed by atoms with Crippen LogP contribution in [-0.4, -0.2) is 27.6 Å². The van der Waals surface area contributed by atoms with E-state index in [-0.39, 0.29) is 5.56 Å². The number of piperidine rings is 1. The summed E-state index contributed by atoms with van der Waals surface area (Å²) in [6, 6.07) is 9.76. The van der Waals surface area contributed by atoms with E-state index in [0.717, 1.165) is 30.3 Å². The molecule has 0 bridgehead atoms. The monoisotopic (exact) mass is 320 g/mol. The molecule has 0 N–H and O–H groups in total. The highest BCUT2D eigenvalue weighted by molar-refractivity contribution is 5.78. The van der Waals surface area contributed by atoms with Crippen LogP contribution in [0.4, 0.5) is 5.95 Å². The van der Waals surface area contributed by atoms with E-state index in [1.54, 1.807) is 17.0 Å². The third-order valence-electron chi connectivity index (χ3n) is 4.65. The summed E-state index contributed by atoms with van der Waals surface area (Å²) >= 11 is 0. The van der Waals surface area contributed by atoms with Gasteiger partial charge in [0.2, 0.25) is 5.95 Å². The second-order valence-corrected chi connectivity index (χ2v) is 6.29. The van der Waals surface area contributed by atoms with Crippen molar-refractivity contribution in [2.75, 3.05) is 18.0 Å². The number of hydrogen-bond acceptors (Lipinski definition) is 4. The highest BCUT2D eigenvalue weighted by Gasteiger charge is 2.15. The van der Waals surface area contributed by atoms with Crippen LogP contribution in [0.25, 0.3) is 16.6 Å². The molecule has 0 atom stereocenters. The minimum Gasteiger partial charge on any atom is -0.341 e. The van der Waals surface area contributed by atoms with Gasteiger partial charge in [-0.3, -0.25) is 9.36 Å². The first-order chi connectivity index (χ1) is 11.7. The van der Waals surface area contributed by atoms with Crippen molar-refractivity contribution in [1.29, 1.82) is 0 Å². The van der Waals surface area contributed by atoms with Gasteiger partial charge in [-0.1, -0.05) is 18.2 Å². The van der Waals surface area contributed by atoms with Crippen LogP contribution in [0.1, 0.15) is 24.8 Å². The summed E-state index contributed by atoms with van der Waals surface area (Å²) in [7, 11) is 0. The second-order valence-electron chi connectivity index (χ2n) is 6.29. The van der Waals surface area contributed by atoms with Gasteiger partial charge in [0, 0.05) is 25.5 Å². The van der Waals surface area contributed by atoms with E-state index in [0.29, 0.717) is 10.9 Å². The second kappa shape index (κ2) is 6.07. The Morgan fingerprint density at radius 1 is 1.04 bits per heavy atom. The first-order valence-electron chi connectivity index (χ1n) is 8.43. The van der Waals surface area contributed by atoms with Crippen molar-refractivity contribution < 1.29 is 0 Å². The molecule has 122 valence electrons. The van der Waals surface area contributed by atoms with Crippen molar-refractivity contribution >= 4 is 16.9 Å². The Morgan fingerprint density at radius 2 is 1.83 bits per heavy atom. The molecule has 1 saturated heterocycles. The van der Waals surface area contributed by atoms with Gasteiger partial charge in [-0.15, -0.1) is 0 Å². The number of anilines is 1. The van der Waals surface area contributed by atoms with Gasteiger partial charge in [0.15, 0.2) is 0 Å².